The quantitative estimate of drug-likeness (QED) is 0.694. The number of hydrogen-bond donors (Lipinski definition) is 1. The first-order valence-corrected chi connectivity index (χ1v) is 8.01. The third-order valence-corrected chi connectivity index (χ3v) is 3.68. The number of anilines is 1. The molecule has 0 saturated carbocycles. The maximum absolute atomic E-state index is 13.1. The fourth-order valence-corrected chi connectivity index (χ4v) is 2.44. The SMILES string of the molecule is COc1ccc(NC(=O)c2nc(C)n(-c3ccc(F)cc3)n2)cc1OC(F)F. The molecule has 0 unspecified atom stereocenters. The summed E-state index contributed by atoms with van der Waals surface area (Å²) in [7, 11) is 1.31. The first-order chi connectivity index (χ1) is 13.4. The van der Waals surface area contributed by atoms with Crippen molar-refractivity contribution >= 4 is 11.6 Å². The van der Waals surface area contributed by atoms with E-state index in [1.807, 2.05) is 0 Å². The van der Waals surface area contributed by atoms with Crippen molar-refractivity contribution < 1.29 is 27.4 Å². The minimum Gasteiger partial charge on any atom is -0.493 e. The van der Waals surface area contributed by atoms with E-state index in [0.29, 0.717) is 11.5 Å². The van der Waals surface area contributed by atoms with Gasteiger partial charge in [-0.15, -0.1) is 5.10 Å². The summed E-state index contributed by atoms with van der Waals surface area (Å²) in [6, 6.07) is 9.55. The number of alkyl halides is 2. The average Bonchev–Trinajstić information content (AvgIpc) is 3.04. The van der Waals surface area contributed by atoms with Gasteiger partial charge in [0, 0.05) is 11.8 Å². The van der Waals surface area contributed by atoms with Gasteiger partial charge in [0.25, 0.3) is 5.91 Å². The number of aromatic nitrogens is 3. The van der Waals surface area contributed by atoms with Crippen LogP contribution in [0.5, 0.6) is 11.5 Å². The van der Waals surface area contributed by atoms with Crippen molar-refractivity contribution in [3.8, 4) is 17.2 Å². The van der Waals surface area contributed by atoms with E-state index in [0.717, 1.165) is 0 Å². The van der Waals surface area contributed by atoms with Crippen molar-refractivity contribution in [1.29, 1.82) is 0 Å². The maximum atomic E-state index is 13.1. The number of halogens is 3. The second kappa shape index (κ2) is 7.99. The second-order valence-corrected chi connectivity index (χ2v) is 5.57. The Kier molecular flexibility index (Phi) is 5.48. The molecule has 1 aromatic heterocycles. The minimum atomic E-state index is -3.05. The summed E-state index contributed by atoms with van der Waals surface area (Å²) >= 11 is 0. The topological polar surface area (TPSA) is 78.3 Å². The normalized spacial score (nSPS) is 10.8. The Morgan fingerprint density at radius 3 is 2.50 bits per heavy atom. The van der Waals surface area contributed by atoms with Gasteiger partial charge in [0.2, 0.25) is 5.82 Å². The highest BCUT2D eigenvalue weighted by molar-refractivity contribution is 6.01. The fourth-order valence-electron chi connectivity index (χ4n) is 2.44. The van der Waals surface area contributed by atoms with E-state index in [4.69, 9.17) is 4.74 Å². The van der Waals surface area contributed by atoms with E-state index in [1.165, 1.54) is 54.3 Å². The minimum absolute atomic E-state index is 0.0906. The zero-order valence-electron chi connectivity index (χ0n) is 14.8. The van der Waals surface area contributed by atoms with Crippen LogP contribution in [0.25, 0.3) is 5.69 Å². The molecule has 0 radical (unpaired) electrons. The Morgan fingerprint density at radius 2 is 1.86 bits per heavy atom. The fraction of sp³-hybridized carbons (Fsp3) is 0.167. The van der Waals surface area contributed by atoms with Gasteiger partial charge < -0.3 is 14.8 Å². The van der Waals surface area contributed by atoms with Gasteiger partial charge in [-0.25, -0.2) is 14.1 Å². The van der Waals surface area contributed by atoms with Gasteiger partial charge in [-0.3, -0.25) is 4.79 Å². The number of ether oxygens (including phenoxy) is 2. The molecule has 0 bridgehead atoms. The molecule has 7 nitrogen and oxygen atoms in total. The van der Waals surface area contributed by atoms with Crippen LogP contribution < -0.4 is 14.8 Å². The van der Waals surface area contributed by atoms with Crippen LogP contribution in [0, 0.1) is 12.7 Å². The molecule has 10 heteroatoms. The molecule has 0 aliphatic rings. The van der Waals surface area contributed by atoms with Gasteiger partial charge in [0.05, 0.1) is 12.8 Å². The van der Waals surface area contributed by atoms with Crippen molar-refractivity contribution in [2.24, 2.45) is 0 Å². The molecule has 2 aromatic carbocycles. The summed E-state index contributed by atoms with van der Waals surface area (Å²) in [4.78, 5) is 16.5. The Balaban J connectivity index is 1.82. The summed E-state index contributed by atoms with van der Waals surface area (Å²) in [5, 5.41) is 6.61. The van der Waals surface area contributed by atoms with Crippen LogP contribution in [0.2, 0.25) is 0 Å². The van der Waals surface area contributed by atoms with Crippen molar-refractivity contribution in [1.82, 2.24) is 14.8 Å². The number of carbonyl (C=O) groups excluding carboxylic acids is 1. The number of nitrogens with zero attached hydrogens (tertiary/aromatic N) is 3. The number of nitrogens with one attached hydrogen (secondary N) is 1. The average molecular weight is 392 g/mol. The van der Waals surface area contributed by atoms with E-state index in [1.54, 1.807) is 6.92 Å². The van der Waals surface area contributed by atoms with Crippen LogP contribution in [0.15, 0.2) is 42.5 Å². The largest absolute Gasteiger partial charge is 0.493 e. The highest BCUT2D eigenvalue weighted by atomic mass is 19.3. The summed E-state index contributed by atoms with van der Waals surface area (Å²) in [6.07, 6.45) is 0. The monoisotopic (exact) mass is 392 g/mol. The zero-order chi connectivity index (χ0) is 20.3. The third-order valence-electron chi connectivity index (χ3n) is 3.68. The van der Waals surface area contributed by atoms with Crippen LogP contribution in [-0.2, 0) is 0 Å². The lowest BCUT2D eigenvalue weighted by Crippen LogP contribution is -2.14. The number of hydrogen-bond acceptors (Lipinski definition) is 5. The Hall–Kier alpha value is -3.56. The smallest absolute Gasteiger partial charge is 0.387 e. The van der Waals surface area contributed by atoms with Crippen molar-refractivity contribution in [3.63, 3.8) is 0 Å². The molecule has 1 N–H and O–H groups in total. The molecule has 0 aliphatic heterocycles. The van der Waals surface area contributed by atoms with Gasteiger partial charge in [-0.2, -0.15) is 8.78 Å². The van der Waals surface area contributed by atoms with Crippen LogP contribution in [0.4, 0.5) is 18.9 Å². The first kappa shape index (κ1) is 19.2. The molecule has 3 rings (SSSR count). The number of amides is 1. The van der Waals surface area contributed by atoms with Gasteiger partial charge in [0.1, 0.15) is 11.6 Å². The molecule has 0 spiro atoms. The van der Waals surface area contributed by atoms with Crippen molar-refractivity contribution in [2.45, 2.75) is 13.5 Å². The summed E-state index contributed by atoms with van der Waals surface area (Å²) < 4.78 is 48.8. The van der Waals surface area contributed by atoms with Gasteiger partial charge in [-0.1, -0.05) is 0 Å². The summed E-state index contributed by atoms with van der Waals surface area (Å²) in [5.41, 5.74) is 0.722. The van der Waals surface area contributed by atoms with E-state index >= 15 is 0 Å². The standard InChI is InChI=1S/C18H15F3N4O3/c1-10-22-16(24-25(10)13-6-3-11(19)4-7-13)17(26)23-12-5-8-14(27-2)15(9-12)28-18(20)21/h3-9,18H,1-2H3,(H,23,26). The molecule has 1 heterocycles. The molecule has 0 fully saturated rings. The van der Waals surface area contributed by atoms with E-state index in [-0.39, 0.29) is 23.0 Å². The molecule has 28 heavy (non-hydrogen) atoms. The van der Waals surface area contributed by atoms with Crippen molar-refractivity contribution in [2.75, 3.05) is 12.4 Å². The highest BCUT2D eigenvalue weighted by Crippen LogP contribution is 2.31. The zero-order valence-corrected chi connectivity index (χ0v) is 14.8. The van der Waals surface area contributed by atoms with Gasteiger partial charge >= 0.3 is 6.61 Å². The lowest BCUT2D eigenvalue weighted by Gasteiger charge is -2.11. The van der Waals surface area contributed by atoms with Crippen LogP contribution in [-0.4, -0.2) is 34.4 Å². The molecular weight excluding hydrogens is 377 g/mol. The molecule has 0 saturated heterocycles. The Morgan fingerprint density at radius 1 is 1.14 bits per heavy atom. The first-order valence-electron chi connectivity index (χ1n) is 8.01. The predicted molar refractivity (Wildman–Crippen MR) is 93.6 cm³/mol. The second-order valence-electron chi connectivity index (χ2n) is 5.57. The Bertz CT molecular complexity index is 990. The lowest BCUT2D eigenvalue weighted by atomic mass is 10.2. The van der Waals surface area contributed by atoms with Crippen LogP contribution in [0.3, 0.4) is 0 Å². The number of aryl methyl sites for hydroxylation is 1. The third kappa shape index (κ3) is 4.22. The summed E-state index contributed by atoms with van der Waals surface area (Å²) in [6.45, 7) is -1.41. The number of rotatable bonds is 6. The predicted octanol–water partition coefficient (Wildman–Crippen LogP) is 3.58. The summed E-state index contributed by atoms with van der Waals surface area (Å²) in [5.74, 6) is -0.927. The number of methoxy groups -OCH3 is 1. The molecule has 0 aliphatic carbocycles. The van der Waals surface area contributed by atoms with Crippen molar-refractivity contribution in [3.05, 3.63) is 59.9 Å². The van der Waals surface area contributed by atoms with E-state index in [2.05, 4.69) is 20.1 Å². The highest BCUT2D eigenvalue weighted by Gasteiger charge is 2.17. The molecule has 146 valence electrons. The van der Waals surface area contributed by atoms with Crippen LogP contribution >= 0.6 is 0 Å². The maximum Gasteiger partial charge on any atom is 0.387 e. The number of benzene rings is 2. The molecule has 0 atom stereocenters. The number of carbonyl (C=O) groups is 1. The van der Waals surface area contributed by atoms with Gasteiger partial charge in [-0.05, 0) is 43.3 Å². The van der Waals surface area contributed by atoms with E-state index in [9.17, 15) is 18.0 Å². The molecular formula is C18H15F3N4O3. The molecule has 1 amide bonds. The van der Waals surface area contributed by atoms with Crippen LogP contribution in [0.1, 0.15) is 16.4 Å². The Labute approximate surface area is 157 Å². The molecule has 3 aromatic rings. The van der Waals surface area contributed by atoms with E-state index < -0.39 is 18.3 Å². The van der Waals surface area contributed by atoms with Gasteiger partial charge in [0.15, 0.2) is 11.5 Å². The lowest BCUT2D eigenvalue weighted by molar-refractivity contribution is -0.0511.